The van der Waals surface area contributed by atoms with Crippen LogP contribution in [0.2, 0.25) is 0 Å². The minimum Gasteiger partial charge on any atom is -0.339 e. The summed E-state index contributed by atoms with van der Waals surface area (Å²) < 4.78 is 5.31. The van der Waals surface area contributed by atoms with Crippen molar-refractivity contribution < 1.29 is 4.52 Å². The van der Waals surface area contributed by atoms with Gasteiger partial charge in [-0.25, -0.2) is 0 Å². The Morgan fingerprint density at radius 3 is 2.53 bits per heavy atom. The van der Waals surface area contributed by atoms with Crippen molar-refractivity contribution >= 4 is 12.4 Å². The van der Waals surface area contributed by atoms with Crippen LogP contribution >= 0.6 is 12.4 Å². The molecule has 4 nitrogen and oxygen atoms in total. The van der Waals surface area contributed by atoms with E-state index >= 15 is 0 Å². The van der Waals surface area contributed by atoms with Gasteiger partial charge >= 0.3 is 0 Å². The third-order valence-corrected chi connectivity index (χ3v) is 2.87. The summed E-state index contributed by atoms with van der Waals surface area (Å²) in [6.45, 7) is 8.67. The largest absolute Gasteiger partial charge is 0.339 e. The molecule has 1 N–H and O–H groups in total. The summed E-state index contributed by atoms with van der Waals surface area (Å²) in [6.07, 6.45) is 3.09. The zero-order chi connectivity index (χ0) is 11.6. The minimum atomic E-state index is 0. The maximum atomic E-state index is 5.31. The normalized spacial score (nSPS) is 17.8. The van der Waals surface area contributed by atoms with Crippen molar-refractivity contribution in [2.75, 3.05) is 13.1 Å². The SMILES string of the molecule is CC(C)(C)Cc1nc(C2CCNCC2)no1.Cl. The predicted molar refractivity (Wildman–Crippen MR) is 69.5 cm³/mol. The first kappa shape index (κ1) is 14.5. The van der Waals surface area contributed by atoms with E-state index in [0.29, 0.717) is 5.92 Å². The maximum Gasteiger partial charge on any atom is 0.227 e. The molecule has 0 spiro atoms. The van der Waals surface area contributed by atoms with E-state index in [1.807, 2.05) is 0 Å². The standard InChI is InChI=1S/C12H21N3O.ClH/c1-12(2,3)8-10-14-11(15-16-10)9-4-6-13-7-5-9;/h9,13H,4-8H2,1-3H3;1H. The molecule has 2 heterocycles. The van der Waals surface area contributed by atoms with Crippen LogP contribution in [0.15, 0.2) is 4.52 Å². The highest BCUT2D eigenvalue weighted by atomic mass is 35.5. The molecule has 2 rings (SSSR count). The molecule has 0 aromatic carbocycles. The summed E-state index contributed by atoms with van der Waals surface area (Å²) >= 11 is 0. The van der Waals surface area contributed by atoms with Gasteiger partial charge in [0.05, 0.1) is 0 Å². The van der Waals surface area contributed by atoms with Gasteiger partial charge in [0.25, 0.3) is 0 Å². The number of hydrogen-bond acceptors (Lipinski definition) is 4. The van der Waals surface area contributed by atoms with E-state index in [1.165, 1.54) is 0 Å². The number of rotatable bonds is 2. The molecule has 1 aromatic rings. The van der Waals surface area contributed by atoms with E-state index in [1.54, 1.807) is 0 Å². The lowest BCUT2D eigenvalue weighted by molar-refractivity contribution is 0.309. The topological polar surface area (TPSA) is 51.0 Å². The minimum absolute atomic E-state index is 0. The van der Waals surface area contributed by atoms with Crippen LogP contribution in [0.25, 0.3) is 0 Å². The van der Waals surface area contributed by atoms with Crippen molar-refractivity contribution in [3.63, 3.8) is 0 Å². The second kappa shape index (κ2) is 5.83. The van der Waals surface area contributed by atoms with E-state index in [2.05, 4.69) is 36.2 Å². The lowest BCUT2D eigenvalue weighted by atomic mass is 9.92. The maximum absolute atomic E-state index is 5.31. The van der Waals surface area contributed by atoms with Crippen molar-refractivity contribution in [1.82, 2.24) is 15.5 Å². The number of hydrogen-bond donors (Lipinski definition) is 1. The van der Waals surface area contributed by atoms with Crippen molar-refractivity contribution in [2.24, 2.45) is 5.41 Å². The van der Waals surface area contributed by atoms with Crippen LogP contribution in [-0.2, 0) is 6.42 Å². The molecular formula is C12H22ClN3O. The highest BCUT2D eigenvalue weighted by molar-refractivity contribution is 5.85. The van der Waals surface area contributed by atoms with Gasteiger partial charge in [-0.3, -0.25) is 0 Å². The zero-order valence-corrected chi connectivity index (χ0v) is 11.6. The van der Waals surface area contributed by atoms with E-state index in [4.69, 9.17) is 4.52 Å². The smallest absolute Gasteiger partial charge is 0.227 e. The fourth-order valence-corrected chi connectivity index (χ4v) is 2.04. The van der Waals surface area contributed by atoms with Crippen molar-refractivity contribution in [2.45, 2.75) is 46.0 Å². The van der Waals surface area contributed by atoms with Crippen LogP contribution in [0, 0.1) is 5.41 Å². The molecule has 1 aliphatic rings. The number of halogens is 1. The Labute approximate surface area is 109 Å². The number of nitrogens with one attached hydrogen (secondary N) is 1. The molecule has 1 aromatic heterocycles. The summed E-state index contributed by atoms with van der Waals surface area (Å²) in [5, 5.41) is 7.45. The molecule has 0 bridgehead atoms. The number of aromatic nitrogens is 2. The van der Waals surface area contributed by atoms with Crippen LogP contribution < -0.4 is 5.32 Å². The summed E-state index contributed by atoms with van der Waals surface area (Å²) in [7, 11) is 0. The predicted octanol–water partition coefficient (Wildman–Crippen LogP) is 2.55. The molecule has 17 heavy (non-hydrogen) atoms. The van der Waals surface area contributed by atoms with Gasteiger partial charge in [-0.15, -0.1) is 12.4 Å². The monoisotopic (exact) mass is 259 g/mol. The molecular weight excluding hydrogens is 238 g/mol. The Balaban J connectivity index is 0.00000144. The van der Waals surface area contributed by atoms with E-state index < -0.39 is 0 Å². The Morgan fingerprint density at radius 1 is 1.29 bits per heavy atom. The van der Waals surface area contributed by atoms with E-state index in [9.17, 15) is 0 Å². The highest BCUT2D eigenvalue weighted by Gasteiger charge is 2.22. The molecule has 0 atom stereocenters. The van der Waals surface area contributed by atoms with Crippen LogP contribution in [0.5, 0.6) is 0 Å². The molecule has 0 radical (unpaired) electrons. The molecule has 1 saturated heterocycles. The molecule has 1 fully saturated rings. The molecule has 0 amide bonds. The van der Waals surface area contributed by atoms with Gasteiger partial charge in [-0.2, -0.15) is 4.98 Å². The lowest BCUT2D eigenvalue weighted by Crippen LogP contribution is -2.27. The van der Waals surface area contributed by atoms with E-state index in [-0.39, 0.29) is 17.8 Å². The Hall–Kier alpha value is -0.610. The van der Waals surface area contributed by atoms with Crippen molar-refractivity contribution in [3.05, 3.63) is 11.7 Å². The second-order valence-corrected chi connectivity index (χ2v) is 5.81. The summed E-state index contributed by atoms with van der Waals surface area (Å²) in [5.41, 5.74) is 0.206. The van der Waals surface area contributed by atoms with Crippen LogP contribution in [0.3, 0.4) is 0 Å². The van der Waals surface area contributed by atoms with Gasteiger partial charge in [0.1, 0.15) is 0 Å². The number of piperidine rings is 1. The fourth-order valence-electron chi connectivity index (χ4n) is 2.04. The average molecular weight is 260 g/mol. The Bertz CT molecular complexity index is 340. The molecule has 0 aliphatic carbocycles. The molecule has 5 heteroatoms. The van der Waals surface area contributed by atoms with Gasteiger partial charge < -0.3 is 9.84 Å². The Kier molecular flexibility index (Phi) is 4.95. The summed E-state index contributed by atoms with van der Waals surface area (Å²) in [5.74, 6) is 2.17. The van der Waals surface area contributed by atoms with Gasteiger partial charge in [0, 0.05) is 12.3 Å². The molecule has 0 unspecified atom stereocenters. The summed E-state index contributed by atoms with van der Waals surface area (Å²) in [6, 6.07) is 0. The highest BCUT2D eigenvalue weighted by Crippen LogP contribution is 2.24. The van der Waals surface area contributed by atoms with Gasteiger partial charge in [0.2, 0.25) is 5.89 Å². The van der Waals surface area contributed by atoms with Crippen molar-refractivity contribution in [1.29, 1.82) is 0 Å². The van der Waals surface area contributed by atoms with Crippen LogP contribution in [0.4, 0.5) is 0 Å². The quantitative estimate of drug-likeness (QED) is 0.887. The van der Waals surface area contributed by atoms with E-state index in [0.717, 1.165) is 44.1 Å². The first-order valence-electron chi connectivity index (χ1n) is 6.08. The Morgan fingerprint density at radius 2 is 1.94 bits per heavy atom. The molecule has 98 valence electrons. The molecule has 0 saturated carbocycles. The lowest BCUT2D eigenvalue weighted by Gasteiger charge is -2.19. The van der Waals surface area contributed by atoms with Gasteiger partial charge in [0.15, 0.2) is 5.82 Å². The zero-order valence-electron chi connectivity index (χ0n) is 10.8. The first-order valence-corrected chi connectivity index (χ1v) is 6.08. The van der Waals surface area contributed by atoms with Crippen LogP contribution in [-0.4, -0.2) is 23.2 Å². The fraction of sp³-hybridized carbons (Fsp3) is 0.833. The first-order chi connectivity index (χ1) is 7.54. The average Bonchev–Trinajstić information content (AvgIpc) is 2.65. The third kappa shape index (κ3) is 4.28. The van der Waals surface area contributed by atoms with Crippen molar-refractivity contribution in [3.8, 4) is 0 Å². The second-order valence-electron chi connectivity index (χ2n) is 5.81. The van der Waals surface area contributed by atoms with Gasteiger partial charge in [-0.1, -0.05) is 25.9 Å². The van der Waals surface area contributed by atoms with Crippen LogP contribution in [0.1, 0.15) is 51.2 Å². The number of nitrogens with zero attached hydrogens (tertiary/aromatic N) is 2. The molecule has 1 aliphatic heterocycles. The summed E-state index contributed by atoms with van der Waals surface area (Å²) in [4.78, 5) is 4.51. The third-order valence-electron chi connectivity index (χ3n) is 2.87. The van der Waals surface area contributed by atoms with Gasteiger partial charge in [-0.05, 0) is 31.3 Å².